The number of aliphatic hydroxyl groups is 1. The number of Topliss-reactive ketones (excluding diaryl/α,β-unsaturated/α-hetero) is 1. The number of piperidine rings is 1. The summed E-state index contributed by atoms with van der Waals surface area (Å²) in [6, 6.07) is 7.20. The van der Waals surface area contributed by atoms with Crippen molar-refractivity contribution in [3.05, 3.63) is 41.5 Å². The maximum atomic E-state index is 13.1. The largest absolute Gasteiger partial charge is 0.392 e. The topological polar surface area (TPSA) is 111 Å². The predicted molar refractivity (Wildman–Crippen MR) is 106 cm³/mol. The number of carbonyl (C=O) groups is 2. The monoisotopic (exact) mass is 387 g/mol. The highest BCUT2D eigenvalue weighted by Gasteiger charge is 2.41. The molecular formula is C21H29N3O4. The molecule has 0 radical (unpaired) electrons. The quantitative estimate of drug-likeness (QED) is 0.380. The number of aliphatic hydroxyl groups excluding tert-OH is 1. The number of benzene rings is 1. The van der Waals surface area contributed by atoms with Gasteiger partial charge < -0.3 is 15.7 Å². The summed E-state index contributed by atoms with van der Waals surface area (Å²) in [6.45, 7) is 5.12. The molecule has 0 bridgehead atoms. The smallest absolute Gasteiger partial charge is 0.248 e. The Balaban J connectivity index is 1.75. The summed E-state index contributed by atoms with van der Waals surface area (Å²) in [5.41, 5.74) is 5.10. The van der Waals surface area contributed by atoms with Crippen molar-refractivity contribution in [2.75, 3.05) is 13.1 Å². The second kappa shape index (κ2) is 8.96. The van der Waals surface area contributed by atoms with E-state index >= 15 is 0 Å². The van der Waals surface area contributed by atoms with Crippen LogP contribution in [0.5, 0.6) is 0 Å². The number of β-amino-alcohol motifs (C(OH)–C–C–N with tert-alkyl or cyclic N) is 1. The Morgan fingerprint density at radius 3 is 2.75 bits per heavy atom. The van der Waals surface area contributed by atoms with Crippen molar-refractivity contribution in [2.45, 2.75) is 50.8 Å². The van der Waals surface area contributed by atoms with E-state index in [2.05, 4.69) is 48.8 Å². The average Bonchev–Trinajstić information content (AvgIpc) is 2.72. The van der Waals surface area contributed by atoms with E-state index in [0.29, 0.717) is 18.9 Å². The molecule has 1 unspecified atom stereocenters. The number of rotatable bonds is 5. The average molecular weight is 387 g/mol. The third kappa shape index (κ3) is 4.50. The SMILES string of the molecule is CC(C)c1cccc(C2=CCNC(C(=O)[C@H]3NC[C@@H](O)C[C@@H]3C(=O)NO)C2)c1. The van der Waals surface area contributed by atoms with Crippen molar-refractivity contribution in [3.8, 4) is 0 Å². The van der Waals surface area contributed by atoms with Crippen LogP contribution in [0.3, 0.4) is 0 Å². The molecule has 1 aromatic rings. The molecule has 28 heavy (non-hydrogen) atoms. The van der Waals surface area contributed by atoms with E-state index in [4.69, 9.17) is 5.21 Å². The highest BCUT2D eigenvalue weighted by molar-refractivity contribution is 5.96. The Morgan fingerprint density at radius 2 is 2.04 bits per heavy atom. The Kier molecular flexibility index (Phi) is 6.61. The summed E-state index contributed by atoms with van der Waals surface area (Å²) < 4.78 is 0. The molecule has 7 heteroatoms. The third-order valence-corrected chi connectivity index (χ3v) is 5.66. The minimum Gasteiger partial charge on any atom is -0.392 e. The molecule has 7 nitrogen and oxygen atoms in total. The number of nitrogens with one attached hydrogen (secondary N) is 3. The van der Waals surface area contributed by atoms with E-state index in [1.165, 1.54) is 5.56 Å². The highest BCUT2D eigenvalue weighted by atomic mass is 16.5. The third-order valence-electron chi connectivity index (χ3n) is 5.66. The molecule has 3 rings (SSSR count). The number of carbonyl (C=O) groups excluding carboxylic acids is 2. The van der Waals surface area contributed by atoms with E-state index in [1.807, 2.05) is 6.07 Å². The number of amides is 1. The van der Waals surface area contributed by atoms with Gasteiger partial charge in [-0.1, -0.05) is 44.2 Å². The lowest BCUT2D eigenvalue weighted by molar-refractivity contribution is -0.141. The first-order chi connectivity index (χ1) is 13.4. The Bertz CT molecular complexity index is 762. The van der Waals surface area contributed by atoms with Gasteiger partial charge in [0.2, 0.25) is 5.91 Å². The zero-order valence-corrected chi connectivity index (χ0v) is 16.3. The van der Waals surface area contributed by atoms with Gasteiger partial charge in [-0.05, 0) is 35.5 Å². The van der Waals surface area contributed by atoms with E-state index in [9.17, 15) is 14.7 Å². The van der Waals surface area contributed by atoms with E-state index in [-0.39, 0.29) is 18.7 Å². The van der Waals surface area contributed by atoms with Crippen LogP contribution < -0.4 is 16.1 Å². The van der Waals surface area contributed by atoms with E-state index in [1.54, 1.807) is 5.48 Å². The first kappa shape index (κ1) is 20.7. The summed E-state index contributed by atoms with van der Waals surface area (Å²) in [5, 5.41) is 25.0. The molecule has 0 aromatic heterocycles. The van der Waals surface area contributed by atoms with Crippen LogP contribution in [-0.2, 0) is 9.59 Å². The molecule has 0 saturated carbocycles. The van der Waals surface area contributed by atoms with Crippen molar-refractivity contribution in [1.29, 1.82) is 0 Å². The lowest BCUT2D eigenvalue weighted by Crippen LogP contribution is -2.60. The lowest BCUT2D eigenvalue weighted by Gasteiger charge is -2.35. The van der Waals surface area contributed by atoms with Crippen LogP contribution in [0.25, 0.3) is 5.57 Å². The summed E-state index contributed by atoms with van der Waals surface area (Å²) >= 11 is 0. The summed E-state index contributed by atoms with van der Waals surface area (Å²) in [7, 11) is 0. The fraction of sp³-hybridized carbons (Fsp3) is 0.524. The Hall–Kier alpha value is -2.06. The van der Waals surface area contributed by atoms with Gasteiger partial charge in [0.15, 0.2) is 5.78 Å². The van der Waals surface area contributed by atoms with Crippen molar-refractivity contribution >= 4 is 17.3 Å². The van der Waals surface area contributed by atoms with Crippen LogP contribution in [0.1, 0.15) is 43.7 Å². The van der Waals surface area contributed by atoms with Crippen molar-refractivity contribution in [1.82, 2.24) is 16.1 Å². The van der Waals surface area contributed by atoms with Gasteiger partial charge in [0.25, 0.3) is 0 Å². The van der Waals surface area contributed by atoms with Gasteiger partial charge in [-0.25, -0.2) is 5.48 Å². The molecule has 152 valence electrons. The number of hydrogen-bond acceptors (Lipinski definition) is 6. The Morgan fingerprint density at radius 1 is 1.25 bits per heavy atom. The van der Waals surface area contributed by atoms with Gasteiger partial charge in [0.05, 0.1) is 24.1 Å². The molecule has 1 saturated heterocycles. The van der Waals surface area contributed by atoms with Gasteiger partial charge in [0.1, 0.15) is 0 Å². The first-order valence-corrected chi connectivity index (χ1v) is 9.82. The predicted octanol–water partition coefficient (Wildman–Crippen LogP) is 0.969. The standard InChI is InChI=1S/C21H29N3O4/c1-12(2)13-4-3-5-14(8-13)15-6-7-22-18(9-15)20(26)19-17(21(27)24-28)10-16(25)11-23-19/h3-6,8,12,16-19,22-23,25,28H,7,9-11H2,1-2H3,(H,24,27)/t16-,17-,18?,19-/m0/s1. The zero-order chi connectivity index (χ0) is 20.3. The van der Waals surface area contributed by atoms with E-state index < -0.39 is 30.0 Å². The van der Waals surface area contributed by atoms with Crippen molar-refractivity contribution < 1.29 is 19.9 Å². The second-order valence-electron chi connectivity index (χ2n) is 7.93. The second-order valence-corrected chi connectivity index (χ2v) is 7.93. The molecule has 0 aliphatic carbocycles. The van der Waals surface area contributed by atoms with Gasteiger partial charge >= 0.3 is 0 Å². The molecular weight excluding hydrogens is 358 g/mol. The molecule has 0 spiro atoms. The number of hydroxylamine groups is 1. The minimum absolute atomic E-state index is 0.119. The fourth-order valence-corrected chi connectivity index (χ4v) is 4.01. The highest BCUT2D eigenvalue weighted by Crippen LogP contribution is 2.28. The lowest BCUT2D eigenvalue weighted by atomic mass is 9.81. The molecule has 1 fully saturated rings. The van der Waals surface area contributed by atoms with Gasteiger partial charge in [0, 0.05) is 13.1 Å². The molecule has 1 amide bonds. The maximum Gasteiger partial charge on any atom is 0.248 e. The molecule has 2 aliphatic rings. The molecule has 4 atom stereocenters. The maximum absolute atomic E-state index is 13.1. The van der Waals surface area contributed by atoms with Crippen molar-refractivity contribution in [2.24, 2.45) is 5.92 Å². The van der Waals surface area contributed by atoms with Crippen LogP contribution in [0.4, 0.5) is 0 Å². The van der Waals surface area contributed by atoms with Crippen LogP contribution in [-0.4, -0.2) is 53.3 Å². The van der Waals surface area contributed by atoms with Crippen LogP contribution in [0.2, 0.25) is 0 Å². The fourth-order valence-electron chi connectivity index (χ4n) is 4.01. The molecule has 2 aliphatic heterocycles. The normalized spacial score (nSPS) is 28.0. The molecule has 5 N–H and O–H groups in total. The number of hydrogen-bond donors (Lipinski definition) is 5. The van der Waals surface area contributed by atoms with Crippen molar-refractivity contribution in [3.63, 3.8) is 0 Å². The zero-order valence-electron chi connectivity index (χ0n) is 16.3. The number of ketones is 1. The molecule has 1 aromatic carbocycles. The summed E-state index contributed by atoms with van der Waals surface area (Å²) in [4.78, 5) is 25.1. The van der Waals surface area contributed by atoms with Crippen LogP contribution in [0, 0.1) is 5.92 Å². The minimum atomic E-state index is -0.804. The van der Waals surface area contributed by atoms with Gasteiger partial charge in [-0.15, -0.1) is 0 Å². The van der Waals surface area contributed by atoms with Crippen LogP contribution in [0.15, 0.2) is 30.3 Å². The van der Waals surface area contributed by atoms with Gasteiger partial charge in [-0.3, -0.25) is 14.8 Å². The first-order valence-electron chi connectivity index (χ1n) is 9.82. The molecule has 2 heterocycles. The summed E-state index contributed by atoms with van der Waals surface area (Å²) in [6.07, 6.45) is 2.05. The van der Waals surface area contributed by atoms with E-state index in [0.717, 1.165) is 11.1 Å². The Labute approximate surface area is 165 Å². The summed E-state index contributed by atoms with van der Waals surface area (Å²) in [5.74, 6) is -1.15. The van der Waals surface area contributed by atoms with Gasteiger partial charge in [-0.2, -0.15) is 0 Å². The van der Waals surface area contributed by atoms with Crippen LogP contribution >= 0.6 is 0 Å².